The molecule has 0 saturated carbocycles. The fourth-order valence-corrected chi connectivity index (χ4v) is 3.66. The zero-order valence-corrected chi connectivity index (χ0v) is 13.8. The molecule has 0 aliphatic carbocycles. The Labute approximate surface area is 142 Å². The van der Waals surface area contributed by atoms with Crippen molar-refractivity contribution in [1.29, 1.82) is 0 Å². The van der Waals surface area contributed by atoms with E-state index in [0.29, 0.717) is 6.04 Å². The number of carbonyl (C=O) groups excluding carboxylic acids is 1. The molecule has 0 spiro atoms. The number of aromatic nitrogens is 2. The molecule has 24 heavy (non-hydrogen) atoms. The minimum absolute atomic E-state index is 0.114. The number of hydrogen-bond donors (Lipinski definition) is 1. The first-order valence-corrected chi connectivity index (χ1v) is 8.65. The number of hydrogen-bond acceptors (Lipinski definition) is 3. The van der Waals surface area contributed by atoms with E-state index in [1.54, 1.807) is 6.20 Å². The number of nitrogens with zero attached hydrogens (tertiary/aromatic N) is 4. The quantitative estimate of drug-likeness (QED) is 0.933. The van der Waals surface area contributed by atoms with E-state index in [1.165, 1.54) is 5.56 Å². The van der Waals surface area contributed by atoms with Gasteiger partial charge in [0.2, 0.25) is 0 Å². The molecule has 2 aliphatic rings. The van der Waals surface area contributed by atoms with Crippen molar-refractivity contribution in [1.82, 2.24) is 24.9 Å². The van der Waals surface area contributed by atoms with Crippen LogP contribution < -0.4 is 5.32 Å². The van der Waals surface area contributed by atoms with E-state index in [2.05, 4.69) is 39.6 Å². The predicted octanol–water partition coefficient (Wildman–Crippen LogP) is 1.86. The first-order chi connectivity index (χ1) is 11.8. The van der Waals surface area contributed by atoms with Crippen LogP contribution >= 0.6 is 0 Å². The number of rotatable bonds is 4. The third kappa shape index (κ3) is 3.14. The highest BCUT2D eigenvalue weighted by Gasteiger charge is 2.30. The van der Waals surface area contributed by atoms with Gasteiger partial charge in [0.05, 0.1) is 5.69 Å². The van der Waals surface area contributed by atoms with Crippen molar-refractivity contribution in [2.45, 2.75) is 25.4 Å². The van der Waals surface area contributed by atoms with Gasteiger partial charge in [0.1, 0.15) is 0 Å². The third-order valence-electron chi connectivity index (χ3n) is 5.00. The van der Waals surface area contributed by atoms with Crippen LogP contribution in [0.15, 0.2) is 42.7 Å². The molecule has 1 aromatic heterocycles. The van der Waals surface area contributed by atoms with Crippen molar-refractivity contribution in [3.05, 3.63) is 48.3 Å². The molecule has 0 unspecified atom stereocenters. The summed E-state index contributed by atoms with van der Waals surface area (Å²) in [5, 5.41) is 7.15. The summed E-state index contributed by atoms with van der Waals surface area (Å²) in [4.78, 5) is 16.3. The van der Waals surface area contributed by atoms with Gasteiger partial charge in [0.25, 0.3) is 0 Å². The van der Waals surface area contributed by atoms with Gasteiger partial charge in [0, 0.05) is 51.2 Å². The molecule has 2 aliphatic heterocycles. The smallest absolute Gasteiger partial charge is 0.317 e. The highest BCUT2D eigenvalue weighted by Crippen LogP contribution is 2.20. The third-order valence-corrected chi connectivity index (χ3v) is 5.00. The van der Waals surface area contributed by atoms with Crippen LogP contribution in [0.4, 0.5) is 4.79 Å². The highest BCUT2D eigenvalue weighted by molar-refractivity contribution is 5.76. The van der Waals surface area contributed by atoms with Crippen molar-refractivity contribution < 1.29 is 4.79 Å². The first kappa shape index (κ1) is 15.2. The highest BCUT2D eigenvalue weighted by atomic mass is 16.2. The van der Waals surface area contributed by atoms with Crippen LogP contribution in [0.25, 0.3) is 5.69 Å². The van der Waals surface area contributed by atoms with Crippen LogP contribution in [0.2, 0.25) is 0 Å². The van der Waals surface area contributed by atoms with Crippen LogP contribution in [-0.2, 0) is 6.54 Å². The summed E-state index contributed by atoms with van der Waals surface area (Å²) < 4.78 is 1.87. The molecule has 4 rings (SSSR count). The molecule has 1 N–H and O–H groups in total. The Morgan fingerprint density at radius 2 is 1.92 bits per heavy atom. The van der Waals surface area contributed by atoms with Gasteiger partial charge in [0.15, 0.2) is 0 Å². The average molecular weight is 325 g/mol. The molecular formula is C18H23N5O. The fraction of sp³-hybridized carbons (Fsp3) is 0.444. The van der Waals surface area contributed by atoms with Crippen LogP contribution in [0, 0.1) is 0 Å². The number of nitrogens with one attached hydrogen (secondary N) is 1. The largest absolute Gasteiger partial charge is 0.336 e. The maximum absolute atomic E-state index is 11.8. The average Bonchev–Trinajstić information content (AvgIpc) is 3.28. The Kier molecular flexibility index (Phi) is 4.21. The summed E-state index contributed by atoms with van der Waals surface area (Å²) in [7, 11) is 0. The summed E-state index contributed by atoms with van der Waals surface area (Å²) in [6.07, 6.45) is 5.88. The van der Waals surface area contributed by atoms with E-state index < -0.39 is 0 Å². The van der Waals surface area contributed by atoms with Gasteiger partial charge in [-0.15, -0.1) is 0 Å². The standard InChI is InChI=1S/C18H23N5O/c24-18-19-9-13-22(18)16-6-11-21(12-7-16)14-15-2-4-17(5-3-15)23-10-1-8-20-23/h1-5,8,10,16H,6-7,9,11-14H2,(H,19,24). The van der Waals surface area contributed by atoms with Crippen LogP contribution in [0.3, 0.4) is 0 Å². The lowest BCUT2D eigenvalue weighted by Crippen LogP contribution is -2.45. The molecule has 3 heterocycles. The van der Waals surface area contributed by atoms with Gasteiger partial charge >= 0.3 is 6.03 Å². The minimum atomic E-state index is 0.114. The van der Waals surface area contributed by atoms with Crippen molar-refractivity contribution in [2.24, 2.45) is 0 Å². The molecule has 6 heteroatoms. The molecule has 0 bridgehead atoms. The molecular weight excluding hydrogens is 302 g/mol. The Hall–Kier alpha value is -2.34. The second kappa shape index (κ2) is 6.65. The van der Waals surface area contributed by atoms with Gasteiger partial charge < -0.3 is 10.2 Å². The minimum Gasteiger partial charge on any atom is -0.336 e. The zero-order valence-electron chi connectivity index (χ0n) is 13.8. The lowest BCUT2D eigenvalue weighted by molar-refractivity contribution is 0.132. The summed E-state index contributed by atoms with van der Waals surface area (Å²) in [5.41, 5.74) is 2.41. The van der Waals surface area contributed by atoms with E-state index >= 15 is 0 Å². The Morgan fingerprint density at radius 3 is 2.54 bits per heavy atom. The summed E-state index contributed by atoms with van der Waals surface area (Å²) in [6, 6.07) is 11.0. The Morgan fingerprint density at radius 1 is 1.12 bits per heavy atom. The number of likely N-dealkylation sites (tertiary alicyclic amines) is 1. The van der Waals surface area contributed by atoms with Crippen LogP contribution in [0.5, 0.6) is 0 Å². The van der Waals surface area contributed by atoms with Gasteiger partial charge in [-0.2, -0.15) is 5.10 Å². The summed E-state index contributed by atoms with van der Waals surface area (Å²) in [5.74, 6) is 0. The number of urea groups is 1. The predicted molar refractivity (Wildman–Crippen MR) is 92.0 cm³/mol. The topological polar surface area (TPSA) is 53.4 Å². The maximum atomic E-state index is 11.8. The van der Waals surface area contributed by atoms with Gasteiger partial charge in [-0.05, 0) is 36.6 Å². The molecule has 6 nitrogen and oxygen atoms in total. The van der Waals surface area contributed by atoms with Crippen molar-refractivity contribution in [2.75, 3.05) is 26.2 Å². The second-order valence-electron chi connectivity index (χ2n) is 6.55. The van der Waals surface area contributed by atoms with Gasteiger partial charge in [-0.1, -0.05) is 12.1 Å². The molecule has 2 aromatic rings. The molecule has 2 amide bonds. The number of benzene rings is 1. The maximum Gasteiger partial charge on any atom is 0.317 e. The normalized spacial score (nSPS) is 19.7. The lowest BCUT2D eigenvalue weighted by Gasteiger charge is -2.36. The number of piperidine rings is 1. The van der Waals surface area contributed by atoms with E-state index in [9.17, 15) is 4.79 Å². The SMILES string of the molecule is O=C1NCCN1C1CCN(Cc2ccc(-n3cccn3)cc2)CC1. The first-order valence-electron chi connectivity index (χ1n) is 8.65. The van der Waals surface area contributed by atoms with Crippen LogP contribution in [-0.4, -0.2) is 57.8 Å². The Bertz CT molecular complexity index is 674. The van der Waals surface area contributed by atoms with E-state index in [1.807, 2.05) is 21.8 Å². The Balaban J connectivity index is 1.31. The summed E-state index contributed by atoms with van der Waals surface area (Å²) in [6.45, 7) is 4.73. The zero-order chi connectivity index (χ0) is 16.4. The summed E-state index contributed by atoms with van der Waals surface area (Å²) >= 11 is 0. The number of carbonyl (C=O) groups is 1. The molecule has 2 fully saturated rings. The van der Waals surface area contributed by atoms with Crippen molar-refractivity contribution >= 4 is 6.03 Å². The molecule has 126 valence electrons. The molecule has 0 atom stereocenters. The lowest BCUT2D eigenvalue weighted by atomic mass is 10.0. The van der Waals surface area contributed by atoms with E-state index in [0.717, 1.165) is 51.3 Å². The van der Waals surface area contributed by atoms with E-state index in [-0.39, 0.29) is 6.03 Å². The van der Waals surface area contributed by atoms with Gasteiger partial charge in [-0.3, -0.25) is 4.90 Å². The molecule has 0 radical (unpaired) electrons. The second-order valence-corrected chi connectivity index (χ2v) is 6.55. The molecule has 2 saturated heterocycles. The van der Waals surface area contributed by atoms with Crippen molar-refractivity contribution in [3.63, 3.8) is 0 Å². The molecule has 1 aromatic carbocycles. The fourth-order valence-electron chi connectivity index (χ4n) is 3.66. The monoisotopic (exact) mass is 325 g/mol. The van der Waals surface area contributed by atoms with Crippen LogP contribution in [0.1, 0.15) is 18.4 Å². The van der Waals surface area contributed by atoms with E-state index in [4.69, 9.17) is 0 Å². The number of amides is 2. The van der Waals surface area contributed by atoms with Crippen molar-refractivity contribution in [3.8, 4) is 5.69 Å². The van der Waals surface area contributed by atoms with Gasteiger partial charge in [-0.25, -0.2) is 9.48 Å².